The third-order valence-corrected chi connectivity index (χ3v) is 4.09. The van der Waals surface area contributed by atoms with Gasteiger partial charge in [-0.2, -0.15) is 0 Å². The van der Waals surface area contributed by atoms with E-state index < -0.39 is 0 Å². The molecule has 1 amide bonds. The van der Waals surface area contributed by atoms with Gasteiger partial charge in [0.1, 0.15) is 6.10 Å². The summed E-state index contributed by atoms with van der Waals surface area (Å²) in [5.41, 5.74) is 6.70. The average molecular weight is 378 g/mol. The van der Waals surface area contributed by atoms with Gasteiger partial charge in [-0.15, -0.1) is 12.4 Å². The Hall–Kier alpha value is -0.620. The molecule has 2 N–H and O–H groups in total. The monoisotopic (exact) mass is 376 g/mol. The van der Waals surface area contributed by atoms with Crippen LogP contribution >= 0.6 is 28.3 Å². The van der Waals surface area contributed by atoms with Crippen LogP contribution in [0.2, 0.25) is 0 Å². The number of hydrogen-bond donors (Lipinski definition) is 1. The number of benzene rings is 1. The molecule has 0 aromatic heterocycles. The van der Waals surface area contributed by atoms with Crippen LogP contribution in [0.25, 0.3) is 0 Å². The first-order valence-electron chi connectivity index (χ1n) is 7.02. The van der Waals surface area contributed by atoms with Crippen molar-refractivity contribution in [3.8, 4) is 0 Å². The summed E-state index contributed by atoms with van der Waals surface area (Å²) in [7, 11) is 0. The molecule has 1 aliphatic heterocycles. The first kappa shape index (κ1) is 18.4. The molecule has 1 fully saturated rings. The average Bonchev–Trinajstić information content (AvgIpc) is 2.93. The molecular formula is C15H22BrClN2O2. The summed E-state index contributed by atoms with van der Waals surface area (Å²) in [6.45, 7) is 3.77. The normalized spacial score (nSPS) is 20.9. The molecule has 2 rings (SSSR count). The van der Waals surface area contributed by atoms with Gasteiger partial charge < -0.3 is 15.4 Å². The third kappa shape index (κ3) is 4.95. The summed E-state index contributed by atoms with van der Waals surface area (Å²) >= 11 is 3.45. The molecule has 2 atom stereocenters. The predicted octanol–water partition coefficient (Wildman–Crippen LogP) is 2.73. The lowest BCUT2D eigenvalue weighted by molar-refractivity contribution is -0.143. The van der Waals surface area contributed by atoms with Crippen LogP contribution in [0.5, 0.6) is 0 Å². The number of nitrogens with two attached hydrogens (primary N) is 1. The zero-order chi connectivity index (χ0) is 14.5. The van der Waals surface area contributed by atoms with Crippen LogP contribution in [0, 0.1) is 0 Å². The van der Waals surface area contributed by atoms with Crippen molar-refractivity contribution in [2.24, 2.45) is 5.73 Å². The molecule has 0 bridgehead atoms. The smallest absolute Gasteiger partial charge is 0.252 e. The molecule has 0 saturated carbocycles. The van der Waals surface area contributed by atoms with Crippen molar-refractivity contribution in [1.82, 2.24) is 4.90 Å². The van der Waals surface area contributed by atoms with Gasteiger partial charge in [0, 0.05) is 24.1 Å². The van der Waals surface area contributed by atoms with Crippen molar-refractivity contribution >= 4 is 34.2 Å². The van der Waals surface area contributed by atoms with Gasteiger partial charge in [0.05, 0.1) is 6.10 Å². The summed E-state index contributed by atoms with van der Waals surface area (Å²) in [6, 6.07) is 8.02. The highest BCUT2D eigenvalue weighted by Crippen LogP contribution is 2.22. The minimum Gasteiger partial charge on any atom is -0.364 e. The molecule has 0 unspecified atom stereocenters. The first-order valence-corrected chi connectivity index (χ1v) is 7.82. The second kappa shape index (κ2) is 8.73. The second-order valence-corrected chi connectivity index (χ2v) is 5.96. The van der Waals surface area contributed by atoms with Crippen molar-refractivity contribution in [3.05, 3.63) is 34.3 Å². The number of ether oxygens (including phenoxy) is 1. The standard InChI is InChI=1S/C15H21BrN2O2.ClH/c1-2-18(10-11-4-3-5-12(16)8-11)15(19)14-7-6-13(9-17)20-14;/h3-5,8,13-14H,2,6-7,9-10,17H2,1H3;1H/t13-,14+;/m1./s1. The van der Waals surface area contributed by atoms with Crippen LogP contribution < -0.4 is 5.73 Å². The van der Waals surface area contributed by atoms with E-state index in [1.54, 1.807) is 0 Å². The van der Waals surface area contributed by atoms with Gasteiger partial charge in [0.2, 0.25) is 0 Å². The maximum absolute atomic E-state index is 12.5. The van der Waals surface area contributed by atoms with Crippen molar-refractivity contribution in [3.63, 3.8) is 0 Å². The Balaban J connectivity index is 0.00000220. The fourth-order valence-electron chi connectivity index (χ4n) is 2.47. The molecule has 6 heteroatoms. The molecule has 118 valence electrons. The molecule has 4 nitrogen and oxygen atoms in total. The minimum atomic E-state index is -0.323. The number of amides is 1. The van der Waals surface area contributed by atoms with Gasteiger partial charge >= 0.3 is 0 Å². The molecule has 0 spiro atoms. The van der Waals surface area contributed by atoms with Crippen LogP contribution in [-0.2, 0) is 16.1 Å². The quantitative estimate of drug-likeness (QED) is 0.858. The third-order valence-electron chi connectivity index (χ3n) is 3.60. The lowest BCUT2D eigenvalue weighted by atomic mass is 10.1. The summed E-state index contributed by atoms with van der Waals surface area (Å²) in [6.07, 6.45) is 1.36. The molecular weight excluding hydrogens is 356 g/mol. The Morgan fingerprint density at radius 3 is 2.81 bits per heavy atom. The van der Waals surface area contributed by atoms with E-state index >= 15 is 0 Å². The fraction of sp³-hybridized carbons (Fsp3) is 0.533. The number of nitrogens with zero attached hydrogens (tertiary/aromatic N) is 1. The highest BCUT2D eigenvalue weighted by atomic mass is 79.9. The van der Waals surface area contributed by atoms with Gasteiger partial charge in [0.25, 0.3) is 5.91 Å². The van der Waals surface area contributed by atoms with Gasteiger partial charge in [-0.1, -0.05) is 28.1 Å². The Bertz CT molecular complexity index is 473. The zero-order valence-electron chi connectivity index (χ0n) is 12.1. The highest BCUT2D eigenvalue weighted by Gasteiger charge is 2.32. The number of carbonyl (C=O) groups excluding carboxylic acids is 1. The van der Waals surface area contributed by atoms with E-state index in [9.17, 15) is 4.79 Å². The minimum absolute atomic E-state index is 0. The maximum Gasteiger partial charge on any atom is 0.252 e. The van der Waals surface area contributed by atoms with E-state index in [0.29, 0.717) is 19.6 Å². The Morgan fingerprint density at radius 2 is 2.24 bits per heavy atom. The number of halogens is 2. The predicted molar refractivity (Wildman–Crippen MR) is 89.4 cm³/mol. The van der Waals surface area contributed by atoms with Crippen molar-refractivity contribution in [1.29, 1.82) is 0 Å². The summed E-state index contributed by atoms with van der Waals surface area (Å²) in [4.78, 5) is 14.3. The highest BCUT2D eigenvalue weighted by molar-refractivity contribution is 9.10. The van der Waals surface area contributed by atoms with Crippen LogP contribution in [0.1, 0.15) is 25.3 Å². The van der Waals surface area contributed by atoms with Crippen molar-refractivity contribution < 1.29 is 9.53 Å². The van der Waals surface area contributed by atoms with Crippen molar-refractivity contribution in [2.45, 2.75) is 38.5 Å². The zero-order valence-corrected chi connectivity index (χ0v) is 14.5. The maximum atomic E-state index is 12.5. The van der Waals surface area contributed by atoms with Gasteiger partial charge in [0.15, 0.2) is 0 Å². The first-order chi connectivity index (χ1) is 9.63. The fourth-order valence-corrected chi connectivity index (χ4v) is 2.91. The van der Waals surface area contributed by atoms with E-state index in [2.05, 4.69) is 15.9 Å². The number of carbonyl (C=O) groups is 1. The SMILES string of the molecule is CCN(Cc1cccc(Br)c1)C(=O)[C@@H]1CC[C@H](CN)O1.Cl. The largest absolute Gasteiger partial charge is 0.364 e. The van der Waals surface area contributed by atoms with E-state index in [4.69, 9.17) is 10.5 Å². The van der Waals surface area contributed by atoms with Crippen molar-refractivity contribution in [2.75, 3.05) is 13.1 Å². The van der Waals surface area contributed by atoms with Gasteiger partial charge in [-0.05, 0) is 37.5 Å². The van der Waals surface area contributed by atoms with Gasteiger partial charge in [-0.25, -0.2) is 0 Å². The number of likely N-dealkylation sites (N-methyl/N-ethyl adjacent to an activating group) is 1. The summed E-state index contributed by atoms with van der Waals surface area (Å²) < 4.78 is 6.72. The molecule has 0 aliphatic carbocycles. The molecule has 1 aromatic carbocycles. The molecule has 1 aromatic rings. The topological polar surface area (TPSA) is 55.6 Å². The molecule has 1 saturated heterocycles. The Morgan fingerprint density at radius 1 is 1.48 bits per heavy atom. The molecule has 0 radical (unpaired) electrons. The van der Waals surface area contributed by atoms with Crippen LogP contribution in [0.4, 0.5) is 0 Å². The van der Waals surface area contributed by atoms with E-state index in [1.807, 2.05) is 36.1 Å². The molecule has 21 heavy (non-hydrogen) atoms. The Kier molecular flexibility index (Phi) is 7.66. The number of hydrogen-bond acceptors (Lipinski definition) is 3. The van der Waals surface area contributed by atoms with Crippen LogP contribution in [0.3, 0.4) is 0 Å². The number of rotatable bonds is 5. The molecule has 1 heterocycles. The molecule has 1 aliphatic rings. The van der Waals surface area contributed by atoms with Crippen LogP contribution in [0.15, 0.2) is 28.7 Å². The lowest BCUT2D eigenvalue weighted by Crippen LogP contribution is -2.39. The van der Waals surface area contributed by atoms with E-state index in [1.165, 1.54) is 0 Å². The van der Waals surface area contributed by atoms with E-state index in [-0.39, 0.29) is 30.5 Å². The second-order valence-electron chi connectivity index (χ2n) is 5.04. The van der Waals surface area contributed by atoms with Crippen LogP contribution in [-0.4, -0.2) is 36.1 Å². The van der Waals surface area contributed by atoms with E-state index in [0.717, 1.165) is 22.9 Å². The Labute approximate surface area is 140 Å². The summed E-state index contributed by atoms with van der Waals surface area (Å²) in [5.74, 6) is 0.0726. The summed E-state index contributed by atoms with van der Waals surface area (Å²) in [5, 5.41) is 0. The lowest BCUT2D eigenvalue weighted by Gasteiger charge is -2.24. The van der Waals surface area contributed by atoms with Gasteiger partial charge in [-0.3, -0.25) is 4.79 Å².